The number of hydrogen-bond donors (Lipinski definition) is 0. The summed E-state index contributed by atoms with van der Waals surface area (Å²) in [7, 11) is 1.42. The maximum Gasteiger partial charge on any atom is 0.325 e. The van der Waals surface area contributed by atoms with Gasteiger partial charge in [-0.25, -0.2) is 4.98 Å². The van der Waals surface area contributed by atoms with Crippen LogP contribution in [0.3, 0.4) is 0 Å². The molecule has 4 heteroatoms. The molecule has 2 heterocycles. The number of methoxy groups -OCH3 is 1. The highest BCUT2D eigenvalue weighted by molar-refractivity contribution is 5.83. The van der Waals surface area contributed by atoms with E-state index in [2.05, 4.69) is 12.1 Å². The Morgan fingerprint density at radius 3 is 3.11 bits per heavy atom. The van der Waals surface area contributed by atoms with Crippen LogP contribution in [0.1, 0.15) is 12.0 Å². The quantitative estimate of drug-likeness (QED) is 0.772. The zero-order chi connectivity index (χ0) is 13.2. The van der Waals surface area contributed by atoms with Crippen LogP contribution in [0, 0.1) is 0 Å². The molecule has 0 spiro atoms. The van der Waals surface area contributed by atoms with E-state index in [1.807, 2.05) is 23.1 Å². The minimum Gasteiger partial charge on any atom is -0.468 e. The van der Waals surface area contributed by atoms with E-state index >= 15 is 0 Å². The fourth-order valence-corrected chi connectivity index (χ4v) is 2.55. The Balaban J connectivity index is 2.03. The Hall–Kier alpha value is -2.10. The minimum absolute atomic E-state index is 0.220. The average Bonchev–Trinajstić information content (AvgIpc) is 2.45. The van der Waals surface area contributed by atoms with Gasteiger partial charge in [-0.3, -0.25) is 4.79 Å². The number of fused-ring (bicyclic) bond motifs is 2. The Bertz CT molecular complexity index is 625. The number of aromatic nitrogens is 1. The molecule has 1 aliphatic heterocycles. The maximum absolute atomic E-state index is 11.5. The molecule has 2 aromatic rings. The van der Waals surface area contributed by atoms with E-state index in [9.17, 15) is 4.79 Å². The molecule has 1 aromatic heterocycles. The Kier molecular flexibility index (Phi) is 3.07. The van der Waals surface area contributed by atoms with Crippen molar-refractivity contribution in [3.05, 3.63) is 35.9 Å². The van der Waals surface area contributed by atoms with Gasteiger partial charge in [0.2, 0.25) is 0 Å². The zero-order valence-electron chi connectivity index (χ0n) is 10.9. The number of nitrogens with zero attached hydrogens (tertiary/aromatic N) is 2. The molecule has 1 aliphatic rings. The van der Waals surface area contributed by atoms with Crippen LogP contribution in [-0.4, -0.2) is 31.2 Å². The average molecular weight is 256 g/mol. The zero-order valence-corrected chi connectivity index (χ0v) is 10.9. The monoisotopic (exact) mass is 256 g/mol. The number of anilines is 1. The topological polar surface area (TPSA) is 42.4 Å². The first kappa shape index (κ1) is 12.0. The fraction of sp³-hybridized carbons (Fsp3) is 0.333. The van der Waals surface area contributed by atoms with Crippen LogP contribution in [0.25, 0.3) is 10.9 Å². The molecule has 0 amide bonds. The molecule has 19 heavy (non-hydrogen) atoms. The summed E-state index contributed by atoms with van der Waals surface area (Å²) in [5, 5.41) is 1.15. The lowest BCUT2D eigenvalue weighted by molar-refractivity contribution is -0.138. The molecular formula is C15H16N2O2. The predicted molar refractivity (Wildman–Crippen MR) is 74.3 cm³/mol. The van der Waals surface area contributed by atoms with Crippen LogP contribution in [-0.2, 0) is 16.0 Å². The van der Waals surface area contributed by atoms with Gasteiger partial charge in [-0.2, -0.15) is 0 Å². The second-order valence-electron chi connectivity index (χ2n) is 4.77. The van der Waals surface area contributed by atoms with E-state index in [-0.39, 0.29) is 12.5 Å². The number of hydrogen-bond acceptors (Lipinski definition) is 4. The van der Waals surface area contributed by atoms with E-state index in [1.54, 1.807) is 0 Å². The largest absolute Gasteiger partial charge is 0.468 e. The SMILES string of the molecule is COC(=O)CN1CCCc2cc3ccccc3nc21. The number of ether oxygens (including phenoxy) is 1. The standard InChI is InChI=1S/C15H16N2O2/c1-19-14(18)10-17-8-4-6-12-9-11-5-2-3-7-13(11)16-15(12)17/h2-3,5,7,9H,4,6,8,10H2,1H3. The Labute approximate surface area is 112 Å². The number of aryl methyl sites for hydroxylation is 1. The highest BCUT2D eigenvalue weighted by Crippen LogP contribution is 2.28. The normalized spacial score (nSPS) is 14.3. The van der Waals surface area contributed by atoms with Crippen molar-refractivity contribution in [3.63, 3.8) is 0 Å². The third kappa shape index (κ3) is 2.26. The van der Waals surface area contributed by atoms with Gasteiger partial charge in [-0.15, -0.1) is 0 Å². The molecule has 0 radical (unpaired) electrons. The number of carbonyl (C=O) groups is 1. The lowest BCUT2D eigenvalue weighted by Crippen LogP contribution is -2.35. The number of rotatable bonds is 2. The molecule has 0 saturated carbocycles. The third-order valence-electron chi connectivity index (χ3n) is 3.50. The first-order valence-corrected chi connectivity index (χ1v) is 6.48. The molecule has 0 atom stereocenters. The van der Waals surface area contributed by atoms with E-state index in [0.29, 0.717) is 0 Å². The maximum atomic E-state index is 11.5. The summed E-state index contributed by atoms with van der Waals surface area (Å²) in [6.07, 6.45) is 2.06. The van der Waals surface area contributed by atoms with E-state index in [0.717, 1.165) is 36.1 Å². The van der Waals surface area contributed by atoms with E-state index in [1.165, 1.54) is 12.7 Å². The van der Waals surface area contributed by atoms with Gasteiger partial charge in [0.15, 0.2) is 0 Å². The Morgan fingerprint density at radius 1 is 1.42 bits per heavy atom. The van der Waals surface area contributed by atoms with Gasteiger partial charge in [0, 0.05) is 11.9 Å². The summed E-state index contributed by atoms with van der Waals surface area (Å²) in [5.41, 5.74) is 2.19. The minimum atomic E-state index is -0.220. The highest BCUT2D eigenvalue weighted by Gasteiger charge is 2.21. The molecule has 3 rings (SSSR count). The van der Waals surface area contributed by atoms with Gasteiger partial charge in [-0.1, -0.05) is 18.2 Å². The Morgan fingerprint density at radius 2 is 2.26 bits per heavy atom. The van der Waals surface area contributed by atoms with Crippen LogP contribution in [0.4, 0.5) is 5.82 Å². The van der Waals surface area contributed by atoms with Crippen LogP contribution in [0.5, 0.6) is 0 Å². The van der Waals surface area contributed by atoms with Crippen molar-refractivity contribution < 1.29 is 9.53 Å². The summed E-state index contributed by atoms with van der Waals surface area (Å²) in [5.74, 6) is 0.707. The molecule has 0 unspecified atom stereocenters. The number of para-hydroxylation sites is 1. The van der Waals surface area contributed by atoms with Crippen LogP contribution in [0.2, 0.25) is 0 Å². The highest BCUT2D eigenvalue weighted by atomic mass is 16.5. The summed E-state index contributed by atoms with van der Waals surface area (Å²) in [4.78, 5) is 18.2. The molecule has 0 bridgehead atoms. The molecule has 0 fully saturated rings. The first-order chi connectivity index (χ1) is 9.28. The molecule has 0 aliphatic carbocycles. The summed E-state index contributed by atoms with van der Waals surface area (Å²) < 4.78 is 4.75. The number of benzene rings is 1. The van der Waals surface area contributed by atoms with Crippen molar-refractivity contribution in [2.75, 3.05) is 25.1 Å². The number of esters is 1. The summed E-state index contributed by atoms with van der Waals surface area (Å²) in [6.45, 7) is 1.13. The van der Waals surface area contributed by atoms with E-state index in [4.69, 9.17) is 9.72 Å². The van der Waals surface area contributed by atoms with Crippen molar-refractivity contribution in [2.45, 2.75) is 12.8 Å². The van der Waals surface area contributed by atoms with Gasteiger partial charge in [-0.05, 0) is 30.5 Å². The second-order valence-corrected chi connectivity index (χ2v) is 4.77. The smallest absolute Gasteiger partial charge is 0.325 e. The molecule has 0 saturated heterocycles. The van der Waals surface area contributed by atoms with Gasteiger partial charge >= 0.3 is 5.97 Å². The summed E-state index contributed by atoms with van der Waals surface area (Å²) in [6, 6.07) is 10.3. The van der Waals surface area contributed by atoms with E-state index < -0.39 is 0 Å². The van der Waals surface area contributed by atoms with Crippen LogP contribution < -0.4 is 4.90 Å². The van der Waals surface area contributed by atoms with Crippen molar-refractivity contribution >= 4 is 22.7 Å². The van der Waals surface area contributed by atoms with Crippen LogP contribution >= 0.6 is 0 Å². The predicted octanol–water partition coefficient (Wildman–Crippen LogP) is 2.16. The van der Waals surface area contributed by atoms with Crippen molar-refractivity contribution in [2.24, 2.45) is 0 Å². The lowest BCUT2D eigenvalue weighted by atomic mass is 10.0. The first-order valence-electron chi connectivity index (χ1n) is 6.48. The molecule has 0 N–H and O–H groups in total. The van der Waals surface area contributed by atoms with Crippen molar-refractivity contribution in [1.82, 2.24) is 4.98 Å². The van der Waals surface area contributed by atoms with Crippen molar-refractivity contribution in [1.29, 1.82) is 0 Å². The number of pyridine rings is 1. The lowest BCUT2D eigenvalue weighted by Gasteiger charge is -2.29. The van der Waals surface area contributed by atoms with Gasteiger partial charge in [0.1, 0.15) is 12.4 Å². The van der Waals surface area contributed by atoms with Gasteiger partial charge < -0.3 is 9.64 Å². The molecular weight excluding hydrogens is 240 g/mol. The fourth-order valence-electron chi connectivity index (χ4n) is 2.55. The van der Waals surface area contributed by atoms with Gasteiger partial charge in [0.05, 0.1) is 12.6 Å². The summed E-state index contributed by atoms with van der Waals surface area (Å²) >= 11 is 0. The molecule has 98 valence electrons. The van der Waals surface area contributed by atoms with Gasteiger partial charge in [0.25, 0.3) is 0 Å². The molecule has 1 aromatic carbocycles. The molecule has 4 nitrogen and oxygen atoms in total. The van der Waals surface area contributed by atoms with Crippen molar-refractivity contribution in [3.8, 4) is 0 Å². The van der Waals surface area contributed by atoms with Crippen LogP contribution in [0.15, 0.2) is 30.3 Å². The number of carbonyl (C=O) groups excluding carboxylic acids is 1. The third-order valence-corrected chi connectivity index (χ3v) is 3.50. The second kappa shape index (κ2) is 4.88.